The summed E-state index contributed by atoms with van der Waals surface area (Å²) >= 11 is 0. The summed E-state index contributed by atoms with van der Waals surface area (Å²) in [5.74, 6) is 0.457. The molecular formula is C21H36N4O3. The number of amides is 3. The topological polar surface area (TPSA) is 90.5 Å². The minimum absolute atomic E-state index is 0.00218. The molecule has 0 bridgehead atoms. The summed E-state index contributed by atoms with van der Waals surface area (Å²) in [6, 6.07) is -0.540. The normalized spacial score (nSPS) is 27.2. The lowest BCUT2D eigenvalue weighted by molar-refractivity contribution is -0.138. The van der Waals surface area contributed by atoms with Crippen LogP contribution in [0, 0.1) is 11.8 Å². The molecule has 3 fully saturated rings. The fourth-order valence-electron chi connectivity index (χ4n) is 4.74. The predicted molar refractivity (Wildman–Crippen MR) is 108 cm³/mol. The number of carbonyl (C=O) groups is 3. The van der Waals surface area contributed by atoms with Gasteiger partial charge in [0.2, 0.25) is 17.7 Å². The molecule has 0 aromatic rings. The Balaban J connectivity index is 1.42. The van der Waals surface area contributed by atoms with Crippen LogP contribution in [0.4, 0.5) is 0 Å². The van der Waals surface area contributed by atoms with Gasteiger partial charge in [-0.05, 0) is 57.9 Å². The summed E-state index contributed by atoms with van der Waals surface area (Å²) in [7, 11) is 0. The Labute approximate surface area is 168 Å². The molecule has 3 aliphatic rings. The highest BCUT2D eigenvalue weighted by Crippen LogP contribution is 2.24. The van der Waals surface area contributed by atoms with Crippen LogP contribution < -0.4 is 16.0 Å². The van der Waals surface area contributed by atoms with E-state index in [0.29, 0.717) is 13.1 Å². The smallest absolute Gasteiger partial charge is 0.244 e. The van der Waals surface area contributed by atoms with Gasteiger partial charge in [0.25, 0.3) is 0 Å². The fourth-order valence-corrected chi connectivity index (χ4v) is 4.74. The molecule has 28 heavy (non-hydrogen) atoms. The number of nitrogens with one attached hydrogen (secondary N) is 3. The van der Waals surface area contributed by atoms with E-state index in [4.69, 9.17) is 0 Å². The Hall–Kier alpha value is -1.63. The Morgan fingerprint density at radius 3 is 2.50 bits per heavy atom. The average Bonchev–Trinajstić information content (AvgIpc) is 3.27. The highest BCUT2D eigenvalue weighted by molar-refractivity contribution is 5.88. The van der Waals surface area contributed by atoms with E-state index in [1.165, 1.54) is 6.42 Å². The second-order valence-electron chi connectivity index (χ2n) is 8.75. The van der Waals surface area contributed by atoms with E-state index in [1.54, 1.807) is 6.92 Å². The van der Waals surface area contributed by atoms with Gasteiger partial charge in [0.05, 0.1) is 6.04 Å². The first-order chi connectivity index (χ1) is 13.5. The molecule has 2 saturated heterocycles. The van der Waals surface area contributed by atoms with Gasteiger partial charge in [0.1, 0.15) is 6.04 Å². The molecule has 0 aromatic carbocycles. The minimum atomic E-state index is -0.481. The molecule has 3 atom stereocenters. The summed E-state index contributed by atoms with van der Waals surface area (Å²) < 4.78 is 0. The summed E-state index contributed by atoms with van der Waals surface area (Å²) in [6.45, 7) is 4.70. The quantitative estimate of drug-likeness (QED) is 0.633. The first kappa shape index (κ1) is 21.1. The van der Waals surface area contributed by atoms with Crippen LogP contribution >= 0.6 is 0 Å². The van der Waals surface area contributed by atoms with Crippen molar-refractivity contribution >= 4 is 17.7 Å². The first-order valence-corrected chi connectivity index (χ1v) is 11.1. The van der Waals surface area contributed by atoms with Crippen LogP contribution in [0.25, 0.3) is 0 Å². The zero-order valence-corrected chi connectivity index (χ0v) is 17.2. The van der Waals surface area contributed by atoms with Crippen LogP contribution in [0.3, 0.4) is 0 Å². The van der Waals surface area contributed by atoms with E-state index < -0.39 is 6.04 Å². The maximum absolute atomic E-state index is 12.8. The molecule has 7 nitrogen and oxygen atoms in total. The van der Waals surface area contributed by atoms with Crippen LogP contribution in [-0.4, -0.2) is 60.9 Å². The molecule has 3 N–H and O–H groups in total. The van der Waals surface area contributed by atoms with Gasteiger partial charge in [0, 0.05) is 25.6 Å². The van der Waals surface area contributed by atoms with Crippen molar-refractivity contribution in [3.05, 3.63) is 0 Å². The number of hydrogen-bond donors (Lipinski definition) is 3. The van der Waals surface area contributed by atoms with E-state index >= 15 is 0 Å². The second kappa shape index (κ2) is 10.2. The largest absolute Gasteiger partial charge is 0.354 e. The highest BCUT2D eigenvalue weighted by atomic mass is 16.2. The molecule has 3 rings (SSSR count). The molecule has 0 spiro atoms. The maximum Gasteiger partial charge on any atom is 0.244 e. The van der Waals surface area contributed by atoms with Gasteiger partial charge < -0.3 is 20.9 Å². The molecule has 1 saturated carbocycles. The molecule has 2 unspecified atom stereocenters. The van der Waals surface area contributed by atoms with Gasteiger partial charge in [0.15, 0.2) is 0 Å². The Morgan fingerprint density at radius 2 is 1.79 bits per heavy atom. The fraction of sp³-hybridized carbons (Fsp3) is 0.857. The minimum Gasteiger partial charge on any atom is -0.354 e. The van der Waals surface area contributed by atoms with Crippen molar-refractivity contribution < 1.29 is 14.4 Å². The number of likely N-dealkylation sites (tertiary alicyclic amines) is 1. The van der Waals surface area contributed by atoms with Crippen molar-refractivity contribution in [1.82, 2.24) is 20.9 Å². The molecule has 0 radical (unpaired) electrons. The zero-order valence-electron chi connectivity index (χ0n) is 17.2. The van der Waals surface area contributed by atoms with Crippen LogP contribution in [0.1, 0.15) is 64.7 Å². The molecule has 3 amide bonds. The van der Waals surface area contributed by atoms with E-state index in [-0.39, 0.29) is 35.6 Å². The molecule has 2 aliphatic heterocycles. The Kier molecular flexibility index (Phi) is 7.71. The van der Waals surface area contributed by atoms with E-state index in [2.05, 4.69) is 16.0 Å². The number of rotatable bonds is 6. The standard InChI is InChI=1S/C21H36N4O3/c1-15(24-19(26)17-8-3-2-4-9-17)21(28)25-12-6-7-16(14-25)13-23-20(27)18-10-5-11-22-18/h15-18,22H,2-14H2,1H3,(H,23,27)(H,24,26)/t15-,16?,18?/m0/s1. The lowest BCUT2D eigenvalue weighted by Crippen LogP contribution is -2.52. The number of carbonyl (C=O) groups excluding carboxylic acids is 3. The van der Waals surface area contributed by atoms with Crippen LogP contribution in [-0.2, 0) is 14.4 Å². The monoisotopic (exact) mass is 392 g/mol. The van der Waals surface area contributed by atoms with Gasteiger partial charge in [-0.15, -0.1) is 0 Å². The van der Waals surface area contributed by atoms with Crippen molar-refractivity contribution in [2.45, 2.75) is 76.8 Å². The molecule has 2 heterocycles. The zero-order chi connectivity index (χ0) is 19.9. The third-order valence-electron chi connectivity index (χ3n) is 6.48. The predicted octanol–water partition coefficient (Wildman–Crippen LogP) is 1.18. The van der Waals surface area contributed by atoms with Gasteiger partial charge in [-0.2, -0.15) is 0 Å². The van der Waals surface area contributed by atoms with Gasteiger partial charge in [-0.25, -0.2) is 0 Å². The van der Waals surface area contributed by atoms with Crippen molar-refractivity contribution in [2.75, 3.05) is 26.2 Å². The number of hydrogen-bond acceptors (Lipinski definition) is 4. The van der Waals surface area contributed by atoms with E-state index in [0.717, 1.165) is 64.5 Å². The lowest BCUT2D eigenvalue weighted by Gasteiger charge is -2.35. The summed E-state index contributed by atoms with van der Waals surface area (Å²) in [4.78, 5) is 39.3. The summed E-state index contributed by atoms with van der Waals surface area (Å²) in [5, 5.41) is 9.20. The SMILES string of the molecule is C[C@H](NC(=O)C1CCCCC1)C(=O)N1CCCC(CNC(=O)C2CCCN2)C1. The number of nitrogens with zero attached hydrogens (tertiary/aromatic N) is 1. The summed E-state index contributed by atoms with van der Waals surface area (Å²) in [6.07, 6.45) is 9.21. The molecule has 158 valence electrons. The van der Waals surface area contributed by atoms with E-state index in [9.17, 15) is 14.4 Å². The summed E-state index contributed by atoms with van der Waals surface area (Å²) in [5.41, 5.74) is 0. The highest BCUT2D eigenvalue weighted by Gasteiger charge is 2.30. The second-order valence-corrected chi connectivity index (χ2v) is 8.75. The lowest BCUT2D eigenvalue weighted by atomic mass is 9.88. The third kappa shape index (κ3) is 5.69. The van der Waals surface area contributed by atoms with Crippen molar-refractivity contribution in [2.24, 2.45) is 11.8 Å². The Bertz CT molecular complexity index is 556. The number of piperidine rings is 1. The molecule has 7 heteroatoms. The van der Waals surface area contributed by atoms with Crippen LogP contribution in [0.2, 0.25) is 0 Å². The molecule has 1 aliphatic carbocycles. The van der Waals surface area contributed by atoms with Crippen molar-refractivity contribution in [3.63, 3.8) is 0 Å². The van der Waals surface area contributed by atoms with Crippen molar-refractivity contribution in [1.29, 1.82) is 0 Å². The molecular weight excluding hydrogens is 356 g/mol. The first-order valence-electron chi connectivity index (χ1n) is 11.1. The van der Waals surface area contributed by atoms with Crippen molar-refractivity contribution in [3.8, 4) is 0 Å². The maximum atomic E-state index is 12.8. The van der Waals surface area contributed by atoms with E-state index in [1.807, 2.05) is 4.90 Å². The average molecular weight is 393 g/mol. The van der Waals surface area contributed by atoms with Gasteiger partial charge >= 0.3 is 0 Å². The molecule has 0 aromatic heterocycles. The van der Waals surface area contributed by atoms with Crippen LogP contribution in [0.5, 0.6) is 0 Å². The third-order valence-corrected chi connectivity index (χ3v) is 6.48. The van der Waals surface area contributed by atoms with Gasteiger partial charge in [-0.3, -0.25) is 14.4 Å². The van der Waals surface area contributed by atoms with Gasteiger partial charge in [-0.1, -0.05) is 19.3 Å². The Morgan fingerprint density at radius 1 is 1.00 bits per heavy atom. The van der Waals surface area contributed by atoms with Crippen LogP contribution in [0.15, 0.2) is 0 Å².